The van der Waals surface area contributed by atoms with Crippen LogP contribution in [0.3, 0.4) is 0 Å². The average molecular weight is 237 g/mol. The van der Waals surface area contributed by atoms with Crippen LogP contribution in [0.25, 0.3) is 0 Å². The summed E-state index contributed by atoms with van der Waals surface area (Å²) in [6, 6.07) is -0.140. The lowest BCUT2D eigenvalue weighted by Gasteiger charge is -2.42. The molecule has 2 amide bonds. The van der Waals surface area contributed by atoms with E-state index in [4.69, 9.17) is 5.73 Å². The molecule has 0 aromatic rings. The van der Waals surface area contributed by atoms with Crippen molar-refractivity contribution in [3.63, 3.8) is 0 Å². The van der Waals surface area contributed by atoms with Gasteiger partial charge in [0.05, 0.1) is 0 Å². The molecule has 0 atom stereocenters. The quantitative estimate of drug-likeness (QED) is 0.820. The van der Waals surface area contributed by atoms with Gasteiger partial charge in [-0.15, -0.1) is 0 Å². The Hall–Kier alpha value is -1.06. The zero-order valence-electron chi connectivity index (χ0n) is 10.9. The van der Waals surface area contributed by atoms with Crippen molar-refractivity contribution in [1.29, 1.82) is 0 Å². The summed E-state index contributed by atoms with van der Waals surface area (Å²) >= 11 is 0. The lowest BCUT2D eigenvalue weighted by molar-refractivity contribution is 0.128. The number of likely N-dealkylation sites (N-methyl/N-ethyl adjacent to an activating group) is 1. The van der Waals surface area contributed by atoms with Gasteiger partial charge in [0.25, 0.3) is 0 Å². The van der Waals surface area contributed by atoms with E-state index >= 15 is 0 Å². The maximum Gasteiger partial charge on any atom is 0.346 e. The Balaban J connectivity index is 2.10. The molecule has 1 heterocycles. The van der Waals surface area contributed by atoms with E-state index in [1.807, 2.05) is 11.8 Å². The number of aliphatic imine (C=N–C) groups is 1. The van der Waals surface area contributed by atoms with E-state index < -0.39 is 0 Å². The fourth-order valence-electron chi connectivity index (χ4n) is 3.40. The molecule has 0 aromatic carbocycles. The number of rotatable bonds is 3. The third-order valence-corrected chi connectivity index (χ3v) is 4.39. The summed E-state index contributed by atoms with van der Waals surface area (Å²) in [5, 5.41) is 0. The molecule has 1 aliphatic carbocycles. The molecule has 1 saturated carbocycles. The van der Waals surface area contributed by atoms with Crippen molar-refractivity contribution in [3.05, 3.63) is 0 Å². The highest BCUT2D eigenvalue weighted by molar-refractivity contribution is 6.05. The molecule has 2 rings (SSSR count). The highest BCUT2D eigenvalue weighted by Crippen LogP contribution is 2.40. The summed E-state index contributed by atoms with van der Waals surface area (Å²) in [5.74, 6) is 1.37. The van der Waals surface area contributed by atoms with Gasteiger partial charge in [-0.25, -0.2) is 4.79 Å². The molecule has 96 valence electrons. The number of amides is 2. The lowest BCUT2D eigenvalue weighted by atomic mass is 9.74. The standard InChI is InChI=1S/C13H23N3O/c1-3-5-10-6-8-13(9-7-10)11(14)15-12(17)16(13)4-2/h10H,3-9H2,1-2H3,(H2,14,15,17). The van der Waals surface area contributed by atoms with Crippen molar-refractivity contribution in [2.45, 2.75) is 57.9 Å². The number of urea groups is 1. The van der Waals surface area contributed by atoms with Crippen molar-refractivity contribution < 1.29 is 4.79 Å². The van der Waals surface area contributed by atoms with Crippen molar-refractivity contribution in [2.24, 2.45) is 16.6 Å². The minimum absolute atomic E-state index is 0.140. The van der Waals surface area contributed by atoms with Gasteiger partial charge in [0.15, 0.2) is 0 Å². The Kier molecular flexibility index (Phi) is 3.40. The molecule has 4 nitrogen and oxygen atoms in total. The van der Waals surface area contributed by atoms with Crippen LogP contribution in [0.4, 0.5) is 4.79 Å². The van der Waals surface area contributed by atoms with Crippen LogP contribution in [0.15, 0.2) is 4.99 Å². The molecule has 0 saturated heterocycles. The van der Waals surface area contributed by atoms with Gasteiger partial charge in [-0.2, -0.15) is 4.99 Å². The van der Waals surface area contributed by atoms with Gasteiger partial charge in [-0.3, -0.25) is 0 Å². The van der Waals surface area contributed by atoms with Crippen molar-refractivity contribution in [1.82, 2.24) is 4.90 Å². The fourth-order valence-corrected chi connectivity index (χ4v) is 3.40. The van der Waals surface area contributed by atoms with Crippen LogP contribution in [0.2, 0.25) is 0 Å². The molecule has 0 bridgehead atoms. The van der Waals surface area contributed by atoms with Gasteiger partial charge >= 0.3 is 6.03 Å². The lowest BCUT2D eigenvalue weighted by Crippen LogP contribution is -2.55. The van der Waals surface area contributed by atoms with Crippen LogP contribution in [-0.4, -0.2) is 28.9 Å². The molecule has 1 fully saturated rings. The van der Waals surface area contributed by atoms with E-state index in [9.17, 15) is 4.79 Å². The molecular weight excluding hydrogens is 214 g/mol. The third kappa shape index (κ3) is 1.94. The van der Waals surface area contributed by atoms with E-state index in [1.54, 1.807) is 0 Å². The second-order valence-corrected chi connectivity index (χ2v) is 5.29. The Bertz CT molecular complexity index is 330. The minimum Gasteiger partial charge on any atom is -0.385 e. The van der Waals surface area contributed by atoms with Crippen LogP contribution in [-0.2, 0) is 0 Å². The van der Waals surface area contributed by atoms with Gasteiger partial charge in [0.2, 0.25) is 0 Å². The summed E-state index contributed by atoms with van der Waals surface area (Å²) in [7, 11) is 0. The van der Waals surface area contributed by atoms with Crippen LogP contribution < -0.4 is 5.73 Å². The van der Waals surface area contributed by atoms with Crippen LogP contribution in [0.1, 0.15) is 52.4 Å². The molecule has 2 aliphatic rings. The third-order valence-electron chi connectivity index (χ3n) is 4.39. The second kappa shape index (κ2) is 4.67. The van der Waals surface area contributed by atoms with E-state index in [1.165, 1.54) is 25.7 Å². The largest absolute Gasteiger partial charge is 0.385 e. The van der Waals surface area contributed by atoms with Crippen LogP contribution >= 0.6 is 0 Å². The number of nitrogens with zero attached hydrogens (tertiary/aromatic N) is 2. The van der Waals surface area contributed by atoms with Gasteiger partial charge in [-0.05, 0) is 38.5 Å². The normalized spacial score (nSPS) is 33.3. The van der Waals surface area contributed by atoms with Gasteiger partial charge in [0.1, 0.15) is 11.4 Å². The summed E-state index contributed by atoms with van der Waals surface area (Å²) in [6.07, 6.45) is 6.88. The molecule has 4 heteroatoms. The molecule has 0 aromatic heterocycles. The average Bonchev–Trinajstić information content (AvgIpc) is 2.54. The van der Waals surface area contributed by atoms with Crippen molar-refractivity contribution in [2.75, 3.05) is 6.54 Å². The van der Waals surface area contributed by atoms with Gasteiger partial charge in [0, 0.05) is 6.54 Å². The maximum atomic E-state index is 11.8. The van der Waals surface area contributed by atoms with Crippen molar-refractivity contribution in [3.8, 4) is 0 Å². The molecule has 1 aliphatic heterocycles. The van der Waals surface area contributed by atoms with Gasteiger partial charge < -0.3 is 10.6 Å². The Morgan fingerprint density at radius 1 is 1.41 bits per heavy atom. The Morgan fingerprint density at radius 3 is 2.59 bits per heavy atom. The number of amidine groups is 1. The highest BCUT2D eigenvalue weighted by Gasteiger charge is 2.49. The summed E-state index contributed by atoms with van der Waals surface area (Å²) in [5.41, 5.74) is 5.77. The van der Waals surface area contributed by atoms with E-state index in [0.717, 1.165) is 18.8 Å². The SMILES string of the molecule is CCCC1CCC2(CC1)C(N)=NC(=O)N2CC. The number of hydrogen-bond acceptors (Lipinski definition) is 2. The topological polar surface area (TPSA) is 58.7 Å². The van der Waals surface area contributed by atoms with E-state index in [0.29, 0.717) is 12.4 Å². The smallest absolute Gasteiger partial charge is 0.346 e. The van der Waals surface area contributed by atoms with E-state index in [-0.39, 0.29) is 11.6 Å². The predicted octanol–water partition coefficient (Wildman–Crippen LogP) is 2.53. The second-order valence-electron chi connectivity index (χ2n) is 5.29. The highest BCUT2D eigenvalue weighted by atomic mass is 16.2. The first kappa shape index (κ1) is 12.4. The van der Waals surface area contributed by atoms with Crippen LogP contribution in [0.5, 0.6) is 0 Å². The molecule has 2 N–H and O–H groups in total. The number of carbonyl (C=O) groups excluding carboxylic acids is 1. The Morgan fingerprint density at radius 2 is 2.06 bits per heavy atom. The van der Waals surface area contributed by atoms with Gasteiger partial charge in [-0.1, -0.05) is 19.8 Å². The number of nitrogens with two attached hydrogens (primary N) is 1. The summed E-state index contributed by atoms with van der Waals surface area (Å²) in [6.45, 7) is 4.95. The molecule has 0 radical (unpaired) electrons. The monoisotopic (exact) mass is 237 g/mol. The zero-order valence-corrected chi connectivity index (χ0v) is 10.9. The first-order valence-corrected chi connectivity index (χ1v) is 6.80. The fraction of sp³-hybridized carbons (Fsp3) is 0.846. The minimum atomic E-state index is -0.240. The molecule has 17 heavy (non-hydrogen) atoms. The first-order chi connectivity index (χ1) is 8.14. The molecule has 0 unspecified atom stereocenters. The van der Waals surface area contributed by atoms with Crippen LogP contribution in [0, 0.1) is 5.92 Å². The Labute approximate surface area is 103 Å². The summed E-state index contributed by atoms with van der Waals surface area (Å²) in [4.78, 5) is 17.6. The van der Waals surface area contributed by atoms with E-state index in [2.05, 4.69) is 11.9 Å². The predicted molar refractivity (Wildman–Crippen MR) is 69.0 cm³/mol. The molecular formula is C13H23N3O. The number of carbonyl (C=O) groups is 1. The maximum absolute atomic E-state index is 11.8. The molecule has 1 spiro atoms. The zero-order chi connectivity index (χ0) is 12.5. The number of hydrogen-bond donors (Lipinski definition) is 1. The first-order valence-electron chi connectivity index (χ1n) is 6.80. The summed E-state index contributed by atoms with van der Waals surface area (Å²) < 4.78 is 0. The van der Waals surface area contributed by atoms with Crippen molar-refractivity contribution >= 4 is 11.9 Å².